The largest absolute Gasteiger partial charge is 0.479 e. The molecule has 6 nitrogen and oxygen atoms in total. The molecule has 2 amide bonds. The highest BCUT2D eigenvalue weighted by Gasteiger charge is 2.33. The highest BCUT2D eigenvalue weighted by molar-refractivity contribution is 7.09. The summed E-state index contributed by atoms with van der Waals surface area (Å²) < 4.78 is 5.75. The average molecular weight is 402 g/mol. The Morgan fingerprint density at radius 3 is 2.89 bits per heavy atom. The standard InChI is InChI=1S/C21H27N3O3S/c1-5-6-20-23-16(12-28-20)15-7-8-18-17(9-15)24(21(26)14(4)27-18)11-19(25)22-10-13(2)3/h7-9,12-14H,5-6,10-11H2,1-4H3,(H,22,25). The number of nitrogens with zero attached hydrogens (tertiary/aromatic N) is 2. The quantitative estimate of drug-likeness (QED) is 0.769. The van der Waals surface area contributed by atoms with Crippen molar-refractivity contribution in [1.82, 2.24) is 10.3 Å². The van der Waals surface area contributed by atoms with E-state index in [-0.39, 0.29) is 18.4 Å². The Morgan fingerprint density at radius 2 is 2.18 bits per heavy atom. The first-order valence-electron chi connectivity index (χ1n) is 9.72. The Morgan fingerprint density at radius 1 is 1.39 bits per heavy atom. The van der Waals surface area contributed by atoms with E-state index in [9.17, 15) is 9.59 Å². The lowest BCUT2D eigenvalue weighted by atomic mass is 10.1. The molecule has 0 aliphatic carbocycles. The summed E-state index contributed by atoms with van der Waals surface area (Å²) in [4.78, 5) is 31.3. The van der Waals surface area contributed by atoms with E-state index in [0.29, 0.717) is 23.9 Å². The number of thiazole rings is 1. The van der Waals surface area contributed by atoms with Gasteiger partial charge in [0.25, 0.3) is 5.91 Å². The van der Waals surface area contributed by atoms with Gasteiger partial charge >= 0.3 is 0 Å². The molecule has 0 fully saturated rings. The zero-order valence-electron chi connectivity index (χ0n) is 16.8. The zero-order valence-corrected chi connectivity index (χ0v) is 17.6. The molecule has 0 radical (unpaired) electrons. The van der Waals surface area contributed by atoms with Crippen LogP contribution < -0.4 is 15.0 Å². The Hall–Kier alpha value is -2.41. The van der Waals surface area contributed by atoms with E-state index < -0.39 is 6.10 Å². The predicted octanol–water partition coefficient (Wildman–Crippen LogP) is 3.65. The maximum Gasteiger partial charge on any atom is 0.268 e. The van der Waals surface area contributed by atoms with Crippen molar-refractivity contribution in [2.75, 3.05) is 18.0 Å². The minimum Gasteiger partial charge on any atom is -0.479 e. The molecule has 0 saturated carbocycles. The molecule has 3 rings (SSSR count). The minimum atomic E-state index is -0.619. The molecule has 1 aliphatic heterocycles. The van der Waals surface area contributed by atoms with Crippen LogP contribution in [0.2, 0.25) is 0 Å². The van der Waals surface area contributed by atoms with E-state index in [1.165, 1.54) is 4.90 Å². The number of amides is 2. The molecule has 2 heterocycles. The number of hydrogen-bond acceptors (Lipinski definition) is 5. The van der Waals surface area contributed by atoms with Crippen molar-refractivity contribution >= 4 is 28.8 Å². The number of hydrogen-bond donors (Lipinski definition) is 1. The molecule has 150 valence electrons. The number of anilines is 1. The van der Waals surface area contributed by atoms with Crippen LogP contribution in [0.1, 0.15) is 39.1 Å². The van der Waals surface area contributed by atoms with Crippen molar-refractivity contribution < 1.29 is 14.3 Å². The second-order valence-electron chi connectivity index (χ2n) is 7.44. The van der Waals surface area contributed by atoms with Gasteiger partial charge in [-0.3, -0.25) is 14.5 Å². The molecule has 1 aromatic carbocycles. The number of aryl methyl sites for hydroxylation is 1. The van der Waals surface area contributed by atoms with Gasteiger partial charge in [0.2, 0.25) is 5.91 Å². The van der Waals surface area contributed by atoms with Crippen LogP contribution in [0.25, 0.3) is 11.3 Å². The molecule has 0 bridgehead atoms. The van der Waals surface area contributed by atoms with E-state index in [4.69, 9.17) is 4.74 Å². The molecule has 0 saturated heterocycles. The Balaban J connectivity index is 1.88. The number of ether oxygens (including phenoxy) is 1. The first-order chi connectivity index (χ1) is 13.4. The SMILES string of the molecule is CCCc1nc(-c2ccc3c(c2)N(CC(=O)NCC(C)C)C(=O)C(C)O3)cs1. The molecule has 7 heteroatoms. The number of carbonyl (C=O) groups is 2. The van der Waals surface area contributed by atoms with E-state index >= 15 is 0 Å². The Kier molecular flexibility index (Phi) is 6.34. The van der Waals surface area contributed by atoms with Crippen molar-refractivity contribution in [2.24, 2.45) is 5.92 Å². The lowest BCUT2D eigenvalue weighted by Gasteiger charge is -2.33. The van der Waals surface area contributed by atoms with Gasteiger partial charge in [-0.05, 0) is 43.9 Å². The first-order valence-corrected chi connectivity index (χ1v) is 10.6. The fourth-order valence-electron chi connectivity index (χ4n) is 3.02. The highest BCUT2D eigenvalue weighted by atomic mass is 32.1. The molecule has 0 spiro atoms. The number of nitrogens with one attached hydrogen (secondary N) is 1. The van der Waals surface area contributed by atoms with E-state index in [1.807, 2.05) is 37.4 Å². The van der Waals surface area contributed by atoms with E-state index in [0.717, 1.165) is 29.1 Å². The molecule has 28 heavy (non-hydrogen) atoms. The van der Waals surface area contributed by atoms with Gasteiger partial charge in [-0.15, -0.1) is 11.3 Å². The van der Waals surface area contributed by atoms with Crippen LogP contribution in [-0.2, 0) is 16.0 Å². The highest BCUT2D eigenvalue weighted by Crippen LogP contribution is 2.37. The molecule has 1 N–H and O–H groups in total. The lowest BCUT2D eigenvalue weighted by Crippen LogP contribution is -2.49. The number of aromatic nitrogens is 1. The second kappa shape index (κ2) is 8.73. The van der Waals surface area contributed by atoms with Crippen LogP contribution in [0.5, 0.6) is 5.75 Å². The third-order valence-electron chi connectivity index (χ3n) is 4.49. The normalized spacial score (nSPS) is 16.1. The third-order valence-corrected chi connectivity index (χ3v) is 5.40. The van der Waals surface area contributed by atoms with Crippen LogP contribution >= 0.6 is 11.3 Å². The molecular formula is C21H27N3O3S. The number of rotatable bonds is 7. The lowest BCUT2D eigenvalue weighted by molar-refractivity contribution is -0.128. The summed E-state index contributed by atoms with van der Waals surface area (Å²) in [5.41, 5.74) is 2.41. The summed E-state index contributed by atoms with van der Waals surface area (Å²) in [6, 6.07) is 5.69. The van der Waals surface area contributed by atoms with Gasteiger partial charge in [0.1, 0.15) is 12.3 Å². The topological polar surface area (TPSA) is 71.5 Å². The van der Waals surface area contributed by atoms with Crippen molar-refractivity contribution in [1.29, 1.82) is 0 Å². The molecule has 2 aromatic rings. The van der Waals surface area contributed by atoms with Crippen molar-refractivity contribution in [2.45, 2.75) is 46.6 Å². The minimum absolute atomic E-state index is 0.0200. The Labute approximate surface area is 169 Å². The van der Waals surface area contributed by atoms with Crippen LogP contribution in [0.15, 0.2) is 23.6 Å². The summed E-state index contributed by atoms with van der Waals surface area (Å²) in [5.74, 6) is 0.571. The molecule has 1 atom stereocenters. The summed E-state index contributed by atoms with van der Waals surface area (Å²) in [7, 11) is 0. The number of benzene rings is 1. The molecule has 1 unspecified atom stereocenters. The smallest absolute Gasteiger partial charge is 0.268 e. The molecule has 1 aromatic heterocycles. The average Bonchev–Trinajstić information content (AvgIpc) is 3.12. The van der Waals surface area contributed by atoms with E-state index in [1.54, 1.807) is 18.3 Å². The monoisotopic (exact) mass is 401 g/mol. The summed E-state index contributed by atoms with van der Waals surface area (Å²) in [6.07, 6.45) is 1.39. The first kappa shape index (κ1) is 20.3. The van der Waals surface area contributed by atoms with Crippen LogP contribution in [-0.4, -0.2) is 36.0 Å². The van der Waals surface area contributed by atoms with Gasteiger partial charge in [0.05, 0.1) is 16.4 Å². The van der Waals surface area contributed by atoms with Crippen molar-refractivity contribution in [3.63, 3.8) is 0 Å². The van der Waals surface area contributed by atoms with Gasteiger partial charge in [-0.2, -0.15) is 0 Å². The van der Waals surface area contributed by atoms with Crippen LogP contribution in [0.4, 0.5) is 5.69 Å². The fraction of sp³-hybridized carbons (Fsp3) is 0.476. The van der Waals surface area contributed by atoms with Crippen molar-refractivity contribution in [3.8, 4) is 17.0 Å². The Bertz CT molecular complexity index is 862. The third kappa shape index (κ3) is 4.52. The second-order valence-corrected chi connectivity index (χ2v) is 8.38. The summed E-state index contributed by atoms with van der Waals surface area (Å²) in [5, 5.41) is 6.00. The van der Waals surface area contributed by atoms with Crippen LogP contribution in [0.3, 0.4) is 0 Å². The van der Waals surface area contributed by atoms with Gasteiger partial charge in [-0.1, -0.05) is 20.8 Å². The van der Waals surface area contributed by atoms with E-state index in [2.05, 4.69) is 17.2 Å². The summed E-state index contributed by atoms with van der Waals surface area (Å²) in [6.45, 7) is 8.46. The van der Waals surface area contributed by atoms with Gasteiger partial charge < -0.3 is 10.1 Å². The van der Waals surface area contributed by atoms with Gasteiger partial charge in [0, 0.05) is 17.5 Å². The van der Waals surface area contributed by atoms with Gasteiger partial charge in [-0.25, -0.2) is 4.98 Å². The molecule has 1 aliphatic rings. The fourth-order valence-corrected chi connectivity index (χ4v) is 3.93. The molecular weight excluding hydrogens is 374 g/mol. The number of carbonyl (C=O) groups excluding carboxylic acids is 2. The van der Waals surface area contributed by atoms with Crippen molar-refractivity contribution in [3.05, 3.63) is 28.6 Å². The van der Waals surface area contributed by atoms with Crippen LogP contribution in [0, 0.1) is 5.92 Å². The number of fused-ring (bicyclic) bond motifs is 1. The zero-order chi connectivity index (χ0) is 20.3. The maximum atomic E-state index is 12.7. The maximum absolute atomic E-state index is 12.7. The summed E-state index contributed by atoms with van der Waals surface area (Å²) >= 11 is 1.64. The van der Waals surface area contributed by atoms with Gasteiger partial charge in [0.15, 0.2) is 6.10 Å². The predicted molar refractivity (Wildman–Crippen MR) is 112 cm³/mol.